The summed E-state index contributed by atoms with van der Waals surface area (Å²) in [5.74, 6) is 0.00389. The molecule has 0 aromatic carbocycles. The zero-order chi connectivity index (χ0) is 6.69. The second kappa shape index (κ2) is 2.62. The highest BCUT2D eigenvalue weighted by atomic mass is 16.2. The molecular weight excluding hydrogens is 118 g/mol. The molecule has 1 aliphatic rings. The van der Waals surface area contributed by atoms with Crippen LogP contribution >= 0.6 is 0 Å². The molecule has 1 rings (SSSR count). The molecule has 0 spiro atoms. The van der Waals surface area contributed by atoms with E-state index >= 15 is 0 Å². The van der Waals surface area contributed by atoms with Crippen LogP contribution in [0.15, 0.2) is 0 Å². The van der Waals surface area contributed by atoms with Gasteiger partial charge in [0, 0.05) is 6.54 Å². The van der Waals surface area contributed by atoms with Gasteiger partial charge in [0.15, 0.2) is 0 Å². The van der Waals surface area contributed by atoms with Crippen molar-refractivity contribution in [1.29, 1.82) is 0 Å². The van der Waals surface area contributed by atoms with Crippen LogP contribution in [0.1, 0.15) is 12.8 Å². The molecule has 0 saturated heterocycles. The van der Waals surface area contributed by atoms with Gasteiger partial charge >= 0.3 is 0 Å². The maximum Gasteiger partial charge on any atom is 0.296 e. The van der Waals surface area contributed by atoms with Crippen LogP contribution in [0.2, 0.25) is 0 Å². The molecule has 49 valence electrons. The third kappa shape index (κ3) is 2.26. The summed E-state index contributed by atoms with van der Waals surface area (Å²) in [5.41, 5.74) is 0. The topological polar surface area (TPSA) is 46.2 Å². The van der Waals surface area contributed by atoms with Gasteiger partial charge in [0.1, 0.15) is 0 Å². The van der Waals surface area contributed by atoms with Gasteiger partial charge in [0.2, 0.25) is 0 Å². The Balaban J connectivity index is 2.02. The Hall–Kier alpha value is -0.860. The predicted octanol–water partition coefficient (Wildman–Crippen LogP) is -0.378. The molecule has 0 atom stereocenters. The number of rotatable bonds is 3. The lowest BCUT2D eigenvalue weighted by molar-refractivity contribution is -0.114. The Bertz CT molecular complexity index is 129. The first-order valence-corrected chi connectivity index (χ1v) is 2.99. The summed E-state index contributed by atoms with van der Waals surface area (Å²) in [6.45, 7) is 0.647. The molecule has 0 aliphatic heterocycles. The molecule has 1 amide bonds. The Morgan fingerprint density at radius 3 is 2.78 bits per heavy atom. The van der Waals surface area contributed by atoms with Gasteiger partial charge in [-0.05, 0) is 18.8 Å². The molecule has 1 saturated carbocycles. The van der Waals surface area contributed by atoms with Crippen LogP contribution in [0.25, 0.3) is 0 Å². The third-order valence-corrected chi connectivity index (χ3v) is 1.34. The van der Waals surface area contributed by atoms with Crippen LogP contribution < -0.4 is 5.32 Å². The average Bonchev–Trinajstić information content (AvgIpc) is 2.65. The van der Waals surface area contributed by atoms with E-state index < -0.39 is 5.91 Å². The highest BCUT2D eigenvalue weighted by molar-refractivity contribution is 6.23. The van der Waals surface area contributed by atoms with Crippen LogP contribution in [-0.2, 0) is 9.59 Å². The van der Waals surface area contributed by atoms with Gasteiger partial charge in [0.05, 0.1) is 0 Å². The Morgan fingerprint density at radius 1 is 1.67 bits per heavy atom. The van der Waals surface area contributed by atoms with Gasteiger partial charge in [-0.1, -0.05) is 0 Å². The molecule has 3 heteroatoms. The van der Waals surface area contributed by atoms with E-state index in [1.807, 2.05) is 0 Å². The second-order valence-electron chi connectivity index (χ2n) is 2.26. The number of hydrogen-bond acceptors (Lipinski definition) is 2. The smallest absolute Gasteiger partial charge is 0.296 e. The summed E-state index contributed by atoms with van der Waals surface area (Å²) in [5, 5.41) is 2.43. The quantitative estimate of drug-likeness (QED) is 0.524. The lowest BCUT2D eigenvalue weighted by Crippen LogP contribution is -2.25. The third-order valence-electron chi connectivity index (χ3n) is 1.34. The van der Waals surface area contributed by atoms with Gasteiger partial charge in [-0.25, -0.2) is 0 Å². The minimum Gasteiger partial charge on any atom is -0.349 e. The first-order chi connectivity index (χ1) is 4.33. The summed E-state index contributed by atoms with van der Waals surface area (Å²) in [7, 11) is 0. The summed E-state index contributed by atoms with van der Waals surface area (Å²) in [6.07, 6.45) is 3.61. The molecule has 1 fully saturated rings. The first-order valence-electron chi connectivity index (χ1n) is 2.99. The Labute approximate surface area is 53.4 Å². The molecule has 0 unspecified atom stereocenters. The lowest BCUT2D eigenvalue weighted by atomic mass is 10.4. The van der Waals surface area contributed by atoms with Crippen LogP contribution in [-0.4, -0.2) is 18.7 Å². The fourth-order valence-corrected chi connectivity index (χ4v) is 0.595. The van der Waals surface area contributed by atoms with Crippen molar-refractivity contribution in [3.63, 3.8) is 0 Å². The van der Waals surface area contributed by atoms with Gasteiger partial charge < -0.3 is 5.32 Å². The van der Waals surface area contributed by atoms with Crippen molar-refractivity contribution in [2.45, 2.75) is 12.8 Å². The van der Waals surface area contributed by atoms with Crippen molar-refractivity contribution >= 4 is 12.2 Å². The predicted molar refractivity (Wildman–Crippen MR) is 31.4 cm³/mol. The van der Waals surface area contributed by atoms with Gasteiger partial charge in [-0.3, -0.25) is 9.59 Å². The summed E-state index contributed by atoms with van der Waals surface area (Å²) >= 11 is 0. The SMILES string of the molecule is O=[C]C(=O)NCC1CC1. The summed E-state index contributed by atoms with van der Waals surface area (Å²) < 4.78 is 0. The van der Waals surface area contributed by atoms with Crippen LogP contribution in [0, 0.1) is 5.92 Å². The Morgan fingerprint density at radius 2 is 2.33 bits per heavy atom. The second-order valence-corrected chi connectivity index (χ2v) is 2.26. The number of amides is 1. The molecule has 0 aromatic heterocycles. The zero-order valence-corrected chi connectivity index (χ0v) is 5.02. The van der Waals surface area contributed by atoms with Gasteiger partial charge in [-0.15, -0.1) is 0 Å². The van der Waals surface area contributed by atoms with Gasteiger partial charge in [-0.2, -0.15) is 0 Å². The lowest BCUT2D eigenvalue weighted by Gasteiger charge is -1.93. The van der Waals surface area contributed by atoms with Crippen molar-refractivity contribution in [2.24, 2.45) is 5.92 Å². The normalized spacial score (nSPS) is 16.9. The highest BCUT2D eigenvalue weighted by Gasteiger charge is 2.21. The summed E-state index contributed by atoms with van der Waals surface area (Å²) in [4.78, 5) is 19.8. The van der Waals surface area contributed by atoms with Crippen molar-refractivity contribution in [3.8, 4) is 0 Å². The standard InChI is InChI=1S/C6H8NO2/c8-4-6(9)7-3-5-1-2-5/h5H,1-3H2,(H,7,9). The van der Waals surface area contributed by atoms with E-state index in [2.05, 4.69) is 5.32 Å². The molecule has 3 nitrogen and oxygen atoms in total. The number of carbonyl (C=O) groups is 1. The van der Waals surface area contributed by atoms with E-state index in [0.717, 1.165) is 0 Å². The molecule has 0 bridgehead atoms. The van der Waals surface area contributed by atoms with E-state index in [-0.39, 0.29) is 0 Å². The van der Waals surface area contributed by atoms with E-state index in [1.54, 1.807) is 0 Å². The fraction of sp³-hybridized carbons (Fsp3) is 0.667. The fourth-order valence-electron chi connectivity index (χ4n) is 0.595. The molecule has 1 aliphatic carbocycles. The number of nitrogens with one attached hydrogen (secondary N) is 1. The maximum absolute atomic E-state index is 10.2. The number of carbonyl (C=O) groups excluding carboxylic acids is 2. The molecule has 9 heavy (non-hydrogen) atoms. The Kier molecular flexibility index (Phi) is 1.82. The van der Waals surface area contributed by atoms with Crippen LogP contribution in [0.5, 0.6) is 0 Å². The van der Waals surface area contributed by atoms with E-state index in [4.69, 9.17) is 0 Å². The molecule has 0 aromatic rings. The largest absolute Gasteiger partial charge is 0.349 e. The molecule has 1 radical (unpaired) electrons. The first kappa shape index (κ1) is 6.26. The highest BCUT2D eigenvalue weighted by Crippen LogP contribution is 2.27. The van der Waals surface area contributed by atoms with Crippen molar-refractivity contribution in [1.82, 2.24) is 5.32 Å². The van der Waals surface area contributed by atoms with E-state index in [9.17, 15) is 9.59 Å². The van der Waals surface area contributed by atoms with Crippen LogP contribution in [0.4, 0.5) is 0 Å². The molecule has 0 heterocycles. The zero-order valence-electron chi connectivity index (χ0n) is 5.02. The van der Waals surface area contributed by atoms with Crippen LogP contribution in [0.3, 0.4) is 0 Å². The number of hydrogen-bond donors (Lipinski definition) is 1. The average molecular weight is 126 g/mol. The van der Waals surface area contributed by atoms with E-state index in [0.29, 0.717) is 12.5 Å². The monoisotopic (exact) mass is 126 g/mol. The van der Waals surface area contributed by atoms with E-state index in [1.165, 1.54) is 19.1 Å². The summed E-state index contributed by atoms with van der Waals surface area (Å²) in [6, 6.07) is 0. The van der Waals surface area contributed by atoms with Gasteiger partial charge in [0.25, 0.3) is 12.2 Å². The van der Waals surface area contributed by atoms with Crippen molar-refractivity contribution in [2.75, 3.05) is 6.54 Å². The minimum absolute atomic E-state index is 0.623. The van der Waals surface area contributed by atoms with Crippen molar-refractivity contribution in [3.05, 3.63) is 0 Å². The molecular formula is C6H8NO2. The molecule has 1 N–H and O–H groups in total. The maximum atomic E-state index is 10.2. The van der Waals surface area contributed by atoms with Crippen molar-refractivity contribution < 1.29 is 9.59 Å². The minimum atomic E-state index is -0.623.